The third-order valence-corrected chi connectivity index (χ3v) is 3.96. The van der Waals surface area contributed by atoms with E-state index < -0.39 is 0 Å². The Morgan fingerprint density at radius 2 is 1.71 bits per heavy atom. The maximum absolute atomic E-state index is 12.5. The molecule has 3 heteroatoms. The zero-order chi connectivity index (χ0) is 17.9. The number of benzene rings is 2. The molecule has 0 unspecified atom stereocenters. The number of hydrogen-bond acceptors (Lipinski definition) is 2. The van der Waals surface area contributed by atoms with Crippen molar-refractivity contribution >= 4 is 11.6 Å². The third kappa shape index (κ3) is 4.60. The van der Waals surface area contributed by atoms with Gasteiger partial charge in [-0.3, -0.25) is 4.79 Å². The average Bonchev–Trinajstić information content (AvgIpc) is 2.50. The second kappa shape index (κ2) is 7.08. The predicted octanol–water partition coefficient (Wildman–Crippen LogP) is 5.10. The maximum Gasteiger partial charge on any atom is 0.259 e. The summed E-state index contributed by atoms with van der Waals surface area (Å²) >= 11 is 0. The lowest BCUT2D eigenvalue weighted by Crippen LogP contribution is -2.13. The van der Waals surface area contributed by atoms with Crippen LogP contribution in [0.25, 0.3) is 0 Å². The largest absolute Gasteiger partial charge is 0.507 e. The fourth-order valence-electron chi connectivity index (χ4n) is 2.75. The molecule has 128 valence electrons. The molecule has 0 radical (unpaired) electrons. The van der Waals surface area contributed by atoms with Gasteiger partial charge in [0.05, 0.1) is 5.56 Å². The van der Waals surface area contributed by atoms with Crippen LogP contribution in [0.5, 0.6) is 5.75 Å². The minimum absolute atomic E-state index is 0.0500. The molecule has 0 aromatic heterocycles. The molecule has 0 aliphatic carbocycles. The summed E-state index contributed by atoms with van der Waals surface area (Å²) in [6, 6.07) is 11.6. The standard InChI is InChI=1S/C21H27NO2/c1-6-15-11-14(2)19(23)18(12-15)20(24)22-17-9-7-16(8-10-17)13-21(3,4)5/h7-12,23H,6,13H2,1-5H3,(H,22,24). The van der Waals surface area contributed by atoms with Gasteiger partial charge in [-0.1, -0.05) is 45.9 Å². The first kappa shape index (κ1) is 18.1. The summed E-state index contributed by atoms with van der Waals surface area (Å²) < 4.78 is 0. The molecule has 0 spiro atoms. The molecule has 2 aromatic rings. The zero-order valence-electron chi connectivity index (χ0n) is 15.2. The Labute approximate surface area is 144 Å². The molecule has 2 aromatic carbocycles. The number of amides is 1. The quantitative estimate of drug-likeness (QED) is 0.821. The highest BCUT2D eigenvalue weighted by atomic mass is 16.3. The molecule has 0 atom stereocenters. The number of anilines is 1. The van der Waals surface area contributed by atoms with E-state index >= 15 is 0 Å². The van der Waals surface area contributed by atoms with E-state index in [-0.39, 0.29) is 17.1 Å². The number of nitrogens with one attached hydrogen (secondary N) is 1. The molecule has 3 nitrogen and oxygen atoms in total. The first-order valence-electron chi connectivity index (χ1n) is 8.42. The van der Waals surface area contributed by atoms with Crippen LogP contribution in [-0.2, 0) is 12.8 Å². The van der Waals surface area contributed by atoms with Crippen molar-refractivity contribution in [1.29, 1.82) is 0 Å². The van der Waals surface area contributed by atoms with E-state index in [2.05, 4.69) is 26.1 Å². The molecule has 0 fully saturated rings. The number of aryl methyl sites for hydroxylation is 2. The van der Waals surface area contributed by atoms with Crippen molar-refractivity contribution in [2.45, 2.75) is 47.5 Å². The van der Waals surface area contributed by atoms with E-state index in [4.69, 9.17) is 0 Å². The van der Waals surface area contributed by atoms with Crippen LogP contribution in [0.2, 0.25) is 0 Å². The van der Waals surface area contributed by atoms with Gasteiger partial charge in [-0.15, -0.1) is 0 Å². The summed E-state index contributed by atoms with van der Waals surface area (Å²) in [4.78, 5) is 12.5. The molecule has 2 N–H and O–H groups in total. The highest BCUT2D eigenvalue weighted by Gasteiger charge is 2.15. The lowest BCUT2D eigenvalue weighted by molar-refractivity contribution is 0.102. The van der Waals surface area contributed by atoms with Gasteiger partial charge >= 0.3 is 0 Å². The van der Waals surface area contributed by atoms with Gasteiger partial charge in [0.15, 0.2) is 0 Å². The fourth-order valence-corrected chi connectivity index (χ4v) is 2.75. The number of phenols is 1. The van der Waals surface area contributed by atoms with Crippen LogP contribution >= 0.6 is 0 Å². The third-order valence-electron chi connectivity index (χ3n) is 3.96. The van der Waals surface area contributed by atoms with Crippen LogP contribution in [0.1, 0.15) is 54.7 Å². The summed E-state index contributed by atoms with van der Waals surface area (Å²) in [5.41, 5.74) is 4.29. The molecule has 0 saturated heterocycles. The Bertz CT molecular complexity index is 725. The molecule has 0 heterocycles. The minimum atomic E-state index is -0.283. The van der Waals surface area contributed by atoms with Gasteiger partial charge in [-0.05, 0) is 60.1 Å². The SMILES string of the molecule is CCc1cc(C)c(O)c(C(=O)Nc2ccc(CC(C)(C)C)cc2)c1. The molecule has 0 aliphatic rings. The van der Waals surface area contributed by atoms with Gasteiger partial charge in [-0.2, -0.15) is 0 Å². The van der Waals surface area contributed by atoms with Crippen molar-refractivity contribution in [1.82, 2.24) is 0 Å². The highest BCUT2D eigenvalue weighted by Crippen LogP contribution is 2.26. The van der Waals surface area contributed by atoms with Crippen molar-refractivity contribution in [2.75, 3.05) is 5.32 Å². The Morgan fingerprint density at radius 3 is 2.25 bits per heavy atom. The molecule has 24 heavy (non-hydrogen) atoms. The number of carbonyl (C=O) groups excluding carboxylic acids is 1. The summed E-state index contributed by atoms with van der Waals surface area (Å²) in [5, 5.41) is 13.0. The Hall–Kier alpha value is -2.29. The van der Waals surface area contributed by atoms with E-state index in [0.29, 0.717) is 5.56 Å². The summed E-state index contributed by atoms with van der Waals surface area (Å²) in [6.07, 6.45) is 1.81. The molecular weight excluding hydrogens is 298 g/mol. The van der Waals surface area contributed by atoms with Crippen LogP contribution in [0, 0.1) is 12.3 Å². The van der Waals surface area contributed by atoms with Gasteiger partial charge in [0, 0.05) is 5.69 Å². The first-order valence-corrected chi connectivity index (χ1v) is 8.42. The smallest absolute Gasteiger partial charge is 0.259 e. The summed E-state index contributed by atoms with van der Waals surface area (Å²) in [6.45, 7) is 10.4. The van der Waals surface area contributed by atoms with Gasteiger partial charge in [0.2, 0.25) is 0 Å². The van der Waals surface area contributed by atoms with Crippen molar-refractivity contribution in [2.24, 2.45) is 5.41 Å². The topological polar surface area (TPSA) is 49.3 Å². The van der Waals surface area contributed by atoms with Gasteiger partial charge in [0.1, 0.15) is 5.75 Å². The highest BCUT2D eigenvalue weighted by molar-refractivity contribution is 6.06. The fraction of sp³-hybridized carbons (Fsp3) is 0.381. The van der Waals surface area contributed by atoms with E-state index in [0.717, 1.165) is 29.7 Å². The Kier molecular flexibility index (Phi) is 5.33. The number of aromatic hydroxyl groups is 1. The molecule has 0 bridgehead atoms. The van der Waals surface area contributed by atoms with Crippen LogP contribution in [0.15, 0.2) is 36.4 Å². The lowest BCUT2D eigenvalue weighted by atomic mass is 9.88. The van der Waals surface area contributed by atoms with Gasteiger partial charge in [-0.25, -0.2) is 0 Å². The Balaban J connectivity index is 2.17. The van der Waals surface area contributed by atoms with E-state index in [1.165, 1.54) is 5.56 Å². The van der Waals surface area contributed by atoms with Crippen LogP contribution in [-0.4, -0.2) is 11.0 Å². The molecule has 2 rings (SSSR count). The normalized spacial score (nSPS) is 11.4. The minimum Gasteiger partial charge on any atom is -0.507 e. The van der Waals surface area contributed by atoms with E-state index in [9.17, 15) is 9.90 Å². The average molecular weight is 325 g/mol. The second-order valence-corrected chi connectivity index (χ2v) is 7.55. The van der Waals surface area contributed by atoms with E-state index in [1.54, 1.807) is 6.07 Å². The number of phenolic OH excluding ortho intramolecular Hbond substituents is 1. The first-order chi connectivity index (χ1) is 11.2. The molecule has 1 amide bonds. The van der Waals surface area contributed by atoms with Crippen molar-refractivity contribution < 1.29 is 9.90 Å². The molecule has 0 aliphatic heterocycles. The summed E-state index contributed by atoms with van der Waals surface area (Å²) in [7, 11) is 0. The molecular formula is C21H27NO2. The predicted molar refractivity (Wildman–Crippen MR) is 99.8 cm³/mol. The zero-order valence-corrected chi connectivity index (χ0v) is 15.2. The van der Waals surface area contributed by atoms with Gasteiger partial charge < -0.3 is 10.4 Å². The number of carbonyl (C=O) groups is 1. The number of hydrogen-bond donors (Lipinski definition) is 2. The summed E-state index contributed by atoms with van der Waals surface area (Å²) in [5.74, 6) is -0.233. The molecule has 0 saturated carbocycles. The van der Waals surface area contributed by atoms with Crippen LogP contribution in [0.3, 0.4) is 0 Å². The van der Waals surface area contributed by atoms with Crippen molar-refractivity contribution in [3.63, 3.8) is 0 Å². The lowest BCUT2D eigenvalue weighted by Gasteiger charge is -2.18. The monoisotopic (exact) mass is 325 g/mol. The maximum atomic E-state index is 12.5. The van der Waals surface area contributed by atoms with E-state index in [1.807, 2.05) is 44.2 Å². The van der Waals surface area contributed by atoms with Crippen molar-refractivity contribution in [3.05, 3.63) is 58.7 Å². The van der Waals surface area contributed by atoms with Crippen molar-refractivity contribution in [3.8, 4) is 5.75 Å². The van der Waals surface area contributed by atoms with Gasteiger partial charge in [0.25, 0.3) is 5.91 Å². The Morgan fingerprint density at radius 1 is 1.08 bits per heavy atom. The van der Waals surface area contributed by atoms with Crippen LogP contribution in [0.4, 0.5) is 5.69 Å². The second-order valence-electron chi connectivity index (χ2n) is 7.55. The number of rotatable bonds is 4. The van der Waals surface area contributed by atoms with Crippen LogP contribution < -0.4 is 5.32 Å².